The van der Waals surface area contributed by atoms with Gasteiger partial charge in [0.05, 0.1) is 16.8 Å². The van der Waals surface area contributed by atoms with Crippen molar-refractivity contribution in [2.45, 2.75) is 12.8 Å². The third kappa shape index (κ3) is 3.97. The van der Waals surface area contributed by atoms with Crippen LogP contribution in [0.2, 0.25) is 0 Å². The fourth-order valence-electron chi connectivity index (χ4n) is 3.75. The molecule has 0 saturated carbocycles. The van der Waals surface area contributed by atoms with E-state index in [1.807, 2.05) is 54.9 Å². The molecule has 0 bridgehead atoms. The molecule has 0 saturated heterocycles. The fourth-order valence-corrected chi connectivity index (χ4v) is 4.91. The monoisotopic (exact) mass is 430 g/mol. The molecule has 0 amide bonds. The minimum atomic E-state index is -2.46. The van der Waals surface area contributed by atoms with E-state index in [0.29, 0.717) is 17.4 Å². The molecule has 8 heteroatoms. The Kier molecular flexibility index (Phi) is 4.83. The van der Waals surface area contributed by atoms with Crippen molar-refractivity contribution in [1.82, 2.24) is 15.0 Å². The van der Waals surface area contributed by atoms with Crippen molar-refractivity contribution in [1.29, 1.82) is 0 Å². The van der Waals surface area contributed by atoms with Crippen molar-refractivity contribution in [3.63, 3.8) is 0 Å². The number of hydrogen-bond acceptors (Lipinski definition) is 6. The summed E-state index contributed by atoms with van der Waals surface area (Å²) in [7, 11) is -2.46. The molecule has 2 aromatic carbocycles. The van der Waals surface area contributed by atoms with Gasteiger partial charge in [-0.2, -0.15) is 9.97 Å². The number of aromatic nitrogens is 3. The predicted octanol–water partition coefficient (Wildman–Crippen LogP) is 5.34. The normalized spacial score (nSPS) is 13.2. The first-order valence-corrected chi connectivity index (χ1v) is 12.8. The number of H-pyrrole nitrogens is 1. The summed E-state index contributed by atoms with van der Waals surface area (Å²) in [5.74, 6) is 1.11. The summed E-state index contributed by atoms with van der Waals surface area (Å²) in [6.45, 7) is 3.54. The summed E-state index contributed by atoms with van der Waals surface area (Å²) < 4.78 is 12.8. The zero-order valence-electron chi connectivity index (χ0n) is 17.4. The molecule has 4 aromatic rings. The van der Waals surface area contributed by atoms with Gasteiger partial charge in [0.1, 0.15) is 18.6 Å². The topological polar surface area (TPSA) is 95.1 Å². The fraction of sp³-hybridized carbons (Fsp3) is 0.174. The molecular weight excluding hydrogens is 407 g/mol. The third-order valence-electron chi connectivity index (χ3n) is 5.27. The molecule has 0 aliphatic carbocycles. The summed E-state index contributed by atoms with van der Waals surface area (Å²) in [6.07, 6.45) is 5.77. The molecule has 0 radical (unpaired) electrons. The first-order valence-electron chi connectivity index (χ1n) is 10.2. The summed E-state index contributed by atoms with van der Waals surface area (Å²) in [5.41, 5.74) is 4.60. The quantitative estimate of drug-likeness (QED) is 0.372. The molecular formula is C23H23N6OP. The number of para-hydroxylation sites is 1. The average molecular weight is 430 g/mol. The van der Waals surface area contributed by atoms with E-state index < -0.39 is 7.14 Å². The summed E-state index contributed by atoms with van der Waals surface area (Å²) >= 11 is 0. The van der Waals surface area contributed by atoms with Crippen molar-refractivity contribution < 1.29 is 4.57 Å². The predicted molar refractivity (Wildman–Crippen MR) is 129 cm³/mol. The van der Waals surface area contributed by atoms with E-state index in [2.05, 4.69) is 31.7 Å². The lowest BCUT2D eigenvalue weighted by atomic mass is 10.1. The summed E-state index contributed by atoms with van der Waals surface area (Å²) in [4.78, 5) is 17.0. The zero-order valence-corrected chi connectivity index (χ0v) is 18.3. The SMILES string of the molecule is CP(C)(=O)c1ccccc1Nc1nc(Nc2ccc3c(c2)N=CCC3)nc2[nH]ccc12. The van der Waals surface area contributed by atoms with Crippen LogP contribution in [-0.4, -0.2) is 34.5 Å². The highest BCUT2D eigenvalue weighted by atomic mass is 31.2. The molecule has 31 heavy (non-hydrogen) atoms. The van der Waals surface area contributed by atoms with Crippen LogP contribution in [0.15, 0.2) is 59.7 Å². The standard InChI is InChI=1S/C23H23N6OP/c1-31(2,30)20-8-4-3-7-18(20)27-22-17-11-13-25-21(17)28-23(29-22)26-16-10-9-15-6-5-12-24-19(15)14-16/h3-4,7-14H,5-6H2,1-2H3,(H3,25,26,27,28,29). The Labute approximate surface area is 180 Å². The van der Waals surface area contributed by atoms with Crippen LogP contribution in [0.1, 0.15) is 12.0 Å². The van der Waals surface area contributed by atoms with Gasteiger partial charge in [0.15, 0.2) is 0 Å². The number of benzene rings is 2. The number of nitrogens with one attached hydrogen (secondary N) is 3. The number of anilines is 4. The van der Waals surface area contributed by atoms with Gasteiger partial charge in [0, 0.05) is 23.4 Å². The number of aromatic amines is 1. The molecule has 0 atom stereocenters. The molecule has 3 N–H and O–H groups in total. The number of rotatable bonds is 5. The van der Waals surface area contributed by atoms with E-state index in [0.717, 1.165) is 40.6 Å². The number of fused-ring (bicyclic) bond motifs is 2. The third-order valence-corrected chi connectivity index (χ3v) is 6.82. The van der Waals surface area contributed by atoms with Crippen molar-refractivity contribution in [2.75, 3.05) is 24.0 Å². The van der Waals surface area contributed by atoms with Crippen LogP contribution in [0.3, 0.4) is 0 Å². The lowest BCUT2D eigenvalue weighted by Crippen LogP contribution is -2.10. The largest absolute Gasteiger partial charge is 0.346 e. The Balaban J connectivity index is 1.52. The van der Waals surface area contributed by atoms with Crippen LogP contribution in [0.25, 0.3) is 11.0 Å². The van der Waals surface area contributed by atoms with Crippen LogP contribution < -0.4 is 15.9 Å². The molecule has 3 heterocycles. The molecule has 7 nitrogen and oxygen atoms in total. The molecule has 0 unspecified atom stereocenters. The molecule has 2 aromatic heterocycles. The highest BCUT2D eigenvalue weighted by Gasteiger charge is 2.17. The zero-order chi connectivity index (χ0) is 21.4. The second-order valence-corrected chi connectivity index (χ2v) is 11.1. The van der Waals surface area contributed by atoms with Crippen molar-refractivity contribution in [3.05, 3.63) is 60.3 Å². The van der Waals surface area contributed by atoms with E-state index in [1.54, 1.807) is 13.3 Å². The van der Waals surface area contributed by atoms with E-state index >= 15 is 0 Å². The lowest BCUT2D eigenvalue weighted by Gasteiger charge is -2.16. The maximum absolute atomic E-state index is 12.8. The Bertz CT molecular complexity index is 1350. The second-order valence-electron chi connectivity index (χ2n) is 7.95. The Hall–Kier alpha value is -3.44. The first-order chi connectivity index (χ1) is 15.0. The molecule has 156 valence electrons. The van der Waals surface area contributed by atoms with Gasteiger partial charge < -0.3 is 20.2 Å². The van der Waals surface area contributed by atoms with Gasteiger partial charge in [-0.05, 0) is 62.1 Å². The molecule has 5 rings (SSSR count). The van der Waals surface area contributed by atoms with E-state index in [-0.39, 0.29) is 0 Å². The van der Waals surface area contributed by atoms with E-state index in [4.69, 9.17) is 4.98 Å². The van der Waals surface area contributed by atoms with Gasteiger partial charge >= 0.3 is 0 Å². The van der Waals surface area contributed by atoms with Gasteiger partial charge in [-0.3, -0.25) is 4.99 Å². The van der Waals surface area contributed by atoms with Crippen LogP contribution in [0, 0.1) is 0 Å². The van der Waals surface area contributed by atoms with Crippen molar-refractivity contribution >= 4 is 58.5 Å². The smallest absolute Gasteiger partial charge is 0.231 e. The van der Waals surface area contributed by atoms with Crippen LogP contribution >= 0.6 is 7.14 Å². The average Bonchev–Trinajstić information content (AvgIpc) is 3.22. The van der Waals surface area contributed by atoms with Crippen LogP contribution in [0.5, 0.6) is 0 Å². The van der Waals surface area contributed by atoms with Crippen molar-refractivity contribution in [3.8, 4) is 0 Å². The minimum Gasteiger partial charge on any atom is -0.346 e. The first kappa shape index (κ1) is 19.5. The molecule has 0 spiro atoms. The maximum atomic E-state index is 12.8. The molecule has 0 fully saturated rings. The summed E-state index contributed by atoms with van der Waals surface area (Å²) in [5, 5.41) is 8.32. The Morgan fingerprint density at radius 3 is 2.77 bits per heavy atom. The lowest BCUT2D eigenvalue weighted by molar-refractivity contribution is 0.588. The van der Waals surface area contributed by atoms with Crippen LogP contribution in [-0.2, 0) is 11.0 Å². The maximum Gasteiger partial charge on any atom is 0.231 e. The van der Waals surface area contributed by atoms with Crippen LogP contribution in [0.4, 0.5) is 28.8 Å². The highest BCUT2D eigenvalue weighted by molar-refractivity contribution is 7.70. The van der Waals surface area contributed by atoms with Crippen molar-refractivity contribution in [2.24, 2.45) is 4.99 Å². The highest BCUT2D eigenvalue weighted by Crippen LogP contribution is 2.38. The Morgan fingerprint density at radius 1 is 1.03 bits per heavy atom. The van der Waals surface area contributed by atoms with E-state index in [9.17, 15) is 4.57 Å². The Morgan fingerprint density at radius 2 is 1.90 bits per heavy atom. The van der Waals surface area contributed by atoms with Gasteiger partial charge in [0.25, 0.3) is 0 Å². The molecule has 1 aliphatic rings. The number of aliphatic imine (C=N–C) groups is 1. The molecule has 1 aliphatic heterocycles. The van der Waals surface area contributed by atoms with Gasteiger partial charge in [-0.15, -0.1) is 0 Å². The minimum absolute atomic E-state index is 0.464. The summed E-state index contributed by atoms with van der Waals surface area (Å²) in [6, 6.07) is 15.7. The van der Waals surface area contributed by atoms with Gasteiger partial charge in [-0.25, -0.2) is 0 Å². The number of nitrogens with zero attached hydrogens (tertiary/aromatic N) is 3. The second kappa shape index (κ2) is 7.67. The van der Waals surface area contributed by atoms with E-state index in [1.165, 1.54) is 5.56 Å². The van der Waals surface area contributed by atoms with Gasteiger partial charge in [0.2, 0.25) is 5.95 Å². The number of hydrogen-bond donors (Lipinski definition) is 3. The number of aryl methyl sites for hydroxylation is 1. The van der Waals surface area contributed by atoms with Gasteiger partial charge in [-0.1, -0.05) is 18.2 Å².